The van der Waals surface area contributed by atoms with Gasteiger partial charge in [-0.25, -0.2) is 0 Å². The summed E-state index contributed by atoms with van der Waals surface area (Å²) in [6, 6.07) is 7.40. The molecule has 2 amide bonds. The fourth-order valence-electron chi connectivity index (χ4n) is 2.32. The molecule has 2 atom stereocenters. The van der Waals surface area contributed by atoms with Gasteiger partial charge in [0, 0.05) is 5.56 Å². The molecule has 0 aromatic heterocycles. The summed E-state index contributed by atoms with van der Waals surface area (Å²) in [4.78, 5) is 22.8. The van der Waals surface area contributed by atoms with Gasteiger partial charge in [-0.15, -0.1) is 0 Å². The molecule has 1 aliphatic carbocycles. The van der Waals surface area contributed by atoms with Crippen molar-refractivity contribution >= 4 is 12.3 Å². The Balaban J connectivity index is 2.07. The largest absolute Gasteiger partial charge is 0.354 e. The van der Waals surface area contributed by atoms with E-state index in [9.17, 15) is 9.59 Å². The van der Waals surface area contributed by atoms with Crippen LogP contribution in [0.15, 0.2) is 36.4 Å². The number of amides is 2. The van der Waals surface area contributed by atoms with Gasteiger partial charge in [-0.1, -0.05) is 30.4 Å². The normalized spacial score (nSPS) is 21.7. The lowest BCUT2D eigenvalue weighted by Crippen LogP contribution is -2.50. The predicted octanol–water partition coefficient (Wildman–Crippen LogP) is 1.56. The Bertz CT molecular complexity index is 497. The van der Waals surface area contributed by atoms with Crippen molar-refractivity contribution in [1.82, 2.24) is 10.6 Å². The van der Waals surface area contributed by atoms with E-state index in [1.165, 1.54) is 0 Å². The van der Waals surface area contributed by atoms with Crippen molar-refractivity contribution in [2.45, 2.75) is 31.8 Å². The minimum absolute atomic E-state index is 0.0320. The van der Waals surface area contributed by atoms with E-state index < -0.39 is 0 Å². The molecule has 100 valence electrons. The van der Waals surface area contributed by atoms with Crippen LogP contribution in [-0.2, 0) is 4.79 Å². The Labute approximate surface area is 112 Å². The zero-order valence-electron chi connectivity index (χ0n) is 10.9. The molecule has 19 heavy (non-hydrogen) atoms. The Morgan fingerprint density at radius 3 is 2.58 bits per heavy atom. The third-order valence-electron chi connectivity index (χ3n) is 3.42. The zero-order chi connectivity index (χ0) is 13.7. The number of carbonyl (C=O) groups is 2. The van der Waals surface area contributed by atoms with Crippen LogP contribution in [0.4, 0.5) is 0 Å². The lowest BCUT2D eigenvalue weighted by Gasteiger charge is -2.29. The first-order chi connectivity index (χ1) is 9.22. The van der Waals surface area contributed by atoms with Crippen LogP contribution < -0.4 is 10.6 Å². The lowest BCUT2D eigenvalue weighted by atomic mass is 9.95. The molecule has 0 aliphatic heterocycles. The van der Waals surface area contributed by atoms with Crippen LogP contribution in [0, 0.1) is 6.92 Å². The van der Waals surface area contributed by atoms with Gasteiger partial charge in [0.05, 0.1) is 12.1 Å². The molecule has 1 aromatic rings. The van der Waals surface area contributed by atoms with Gasteiger partial charge in [-0.3, -0.25) is 9.59 Å². The van der Waals surface area contributed by atoms with Crippen molar-refractivity contribution in [3.63, 3.8) is 0 Å². The number of rotatable bonds is 4. The van der Waals surface area contributed by atoms with Crippen LogP contribution in [0.3, 0.4) is 0 Å². The van der Waals surface area contributed by atoms with Crippen molar-refractivity contribution in [2.24, 2.45) is 0 Å². The zero-order valence-corrected chi connectivity index (χ0v) is 10.9. The molecule has 0 unspecified atom stereocenters. The smallest absolute Gasteiger partial charge is 0.251 e. The van der Waals surface area contributed by atoms with Gasteiger partial charge in [-0.05, 0) is 31.4 Å². The molecule has 0 bridgehead atoms. The highest BCUT2D eigenvalue weighted by molar-refractivity contribution is 5.95. The monoisotopic (exact) mass is 258 g/mol. The van der Waals surface area contributed by atoms with Crippen LogP contribution in [0.2, 0.25) is 0 Å². The topological polar surface area (TPSA) is 58.2 Å². The van der Waals surface area contributed by atoms with Crippen LogP contribution in [0.1, 0.15) is 28.8 Å². The van der Waals surface area contributed by atoms with E-state index in [-0.39, 0.29) is 18.0 Å². The summed E-state index contributed by atoms with van der Waals surface area (Å²) in [6.07, 6.45) is 6.24. The fourth-order valence-corrected chi connectivity index (χ4v) is 2.32. The summed E-state index contributed by atoms with van der Waals surface area (Å²) in [7, 11) is 0. The molecule has 0 radical (unpaired) electrons. The van der Waals surface area contributed by atoms with E-state index in [1.54, 1.807) is 0 Å². The first-order valence-electron chi connectivity index (χ1n) is 6.43. The van der Waals surface area contributed by atoms with E-state index in [4.69, 9.17) is 0 Å². The molecule has 0 saturated heterocycles. The third kappa shape index (κ3) is 3.22. The number of hydrogen-bond acceptors (Lipinski definition) is 2. The van der Waals surface area contributed by atoms with Crippen LogP contribution >= 0.6 is 0 Å². The summed E-state index contributed by atoms with van der Waals surface area (Å²) in [5.41, 5.74) is 1.63. The standard InChI is InChI=1S/C15H18N2O2/c1-11-6-2-3-7-12(11)15(19)17-14-9-5-4-8-13(14)16-10-18/h2-7,10,13-14H,8-9H2,1H3,(H,16,18)(H,17,19)/t13-,14-/m1/s1. The maximum absolute atomic E-state index is 12.2. The summed E-state index contributed by atoms with van der Waals surface area (Å²) in [5.74, 6) is -0.0869. The Kier molecular flexibility index (Phi) is 4.34. The highest BCUT2D eigenvalue weighted by atomic mass is 16.2. The average molecular weight is 258 g/mol. The molecule has 2 rings (SSSR count). The molecule has 4 nitrogen and oxygen atoms in total. The first-order valence-corrected chi connectivity index (χ1v) is 6.43. The molecule has 0 spiro atoms. The van der Waals surface area contributed by atoms with Crippen molar-refractivity contribution in [1.29, 1.82) is 0 Å². The van der Waals surface area contributed by atoms with E-state index in [0.717, 1.165) is 18.4 Å². The van der Waals surface area contributed by atoms with Crippen LogP contribution in [0.25, 0.3) is 0 Å². The summed E-state index contributed by atoms with van der Waals surface area (Å²) < 4.78 is 0. The quantitative estimate of drug-likeness (QED) is 0.636. The van der Waals surface area contributed by atoms with Crippen LogP contribution in [0.5, 0.6) is 0 Å². The summed E-state index contributed by atoms with van der Waals surface area (Å²) in [6.45, 7) is 1.91. The van der Waals surface area contributed by atoms with Crippen molar-refractivity contribution in [3.05, 3.63) is 47.5 Å². The molecule has 1 aliphatic rings. The number of hydrogen-bond donors (Lipinski definition) is 2. The molecule has 0 fully saturated rings. The Morgan fingerprint density at radius 1 is 1.21 bits per heavy atom. The Hall–Kier alpha value is -2.10. The number of aryl methyl sites for hydroxylation is 1. The second-order valence-electron chi connectivity index (χ2n) is 4.73. The average Bonchev–Trinajstić information content (AvgIpc) is 2.41. The van der Waals surface area contributed by atoms with E-state index in [1.807, 2.05) is 43.3 Å². The van der Waals surface area contributed by atoms with E-state index in [0.29, 0.717) is 12.0 Å². The number of benzene rings is 1. The second kappa shape index (κ2) is 6.18. The van der Waals surface area contributed by atoms with Gasteiger partial charge in [0.2, 0.25) is 6.41 Å². The SMILES string of the molecule is Cc1ccccc1C(=O)N[C@@H]1CC=CC[C@H]1NC=O. The first kappa shape index (κ1) is 13.3. The molecular weight excluding hydrogens is 240 g/mol. The highest BCUT2D eigenvalue weighted by Crippen LogP contribution is 2.14. The van der Waals surface area contributed by atoms with Gasteiger partial charge in [0.1, 0.15) is 0 Å². The minimum Gasteiger partial charge on any atom is -0.354 e. The van der Waals surface area contributed by atoms with Crippen molar-refractivity contribution < 1.29 is 9.59 Å². The van der Waals surface area contributed by atoms with E-state index in [2.05, 4.69) is 10.6 Å². The van der Waals surface area contributed by atoms with Crippen molar-refractivity contribution in [2.75, 3.05) is 0 Å². The predicted molar refractivity (Wildman–Crippen MR) is 73.8 cm³/mol. The van der Waals surface area contributed by atoms with Gasteiger partial charge < -0.3 is 10.6 Å². The van der Waals surface area contributed by atoms with Crippen LogP contribution in [-0.4, -0.2) is 24.4 Å². The van der Waals surface area contributed by atoms with Gasteiger partial charge in [0.15, 0.2) is 0 Å². The van der Waals surface area contributed by atoms with Gasteiger partial charge in [0.25, 0.3) is 5.91 Å². The maximum atomic E-state index is 12.2. The maximum Gasteiger partial charge on any atom is 0.251 e. The second-order valence-corrected chi connectivity index (χ2v) is 4.73. The number of carbonyl (C=O) groups excluding carboxylic acids is 2. The Morgan fingerprint density at radius 2 is 1.89 bits per heavy atom. The molecule has 1 aromatic carbocycles. The molecule has 0 saturated carbocycles. The fraction of sp³-hybridized carbons (Fsp3) is 0.333. The number of nitrogens with one attached hydrogen (secondary N) is 2. The van der Waals surface area contributed by atoms with Crippen molar-refractivity contribution in [3.8, 4) is 0 Å². The van der Waals surface area contributed by atoms with E-state index >= 15 is 0 Å². The molecule has 4 heteroatoms. The summed E-state index contributed by atoms with van der Waals surface area (Å²) >= 11 is 0. The minimum atomic E-state index is -0.0869. The molecular formula is C15H18N2O2. The lowest BCUT2D eigenvalue weighted by molar-refractivity contribution is -0.110. The van der Waals surface area contributed by atoms with Gasteiger partial charge >= 0.3 is 0 Å². The molecule has 2 N–H and O–H groups in total. The summed E-state index contributed by atoms with van der Waals surface area (Å²) in [5, 5.41) is 5.76. The molecule has 0 heterocycles. The van der Waals surface area contributed by atoms with Gasteiger partial charge in [-0.2, -0.15) is 0 Å². The third-order valence-corrected chi connectivity index (χ3v) is 3.42. The highest BCUT2D eigenvalue weighted by Gasteiger charge is 2.24.